The molecule has 0 spiro atoms. The van der Waals surface area contributed by atoms with Crippen LogP contribution in [0.2, 0.25) is 0 Å². The monoisotopic (exact) mass is 386 g/mol. The predicted octanol–water partition coefficient (Wildman–Crippen LogP) is 3.22. The number of hydrogen-bond donors (Lipinski definition) is 1. The molecule has 2 aromatic carbocycles. The van der Waals surface area contributed by atoms with E-state index in [9.17, 15) is 8.42 Å². The first-order chi connectivity index (χ1) is 12.9. The molecule has 0 aliphatic carbocycles. The van der Waals surface area contributed by atoms with Crippen molar-refractivity contribution in [2.45, 2.75) is 18.7 Å². The number of benzene rings is 2. The van der Waals surface area contributed by atoms with E-state index in [0.717, 1.165) is 16.5 Å². The summed E-state index contributed by atoms with van der Waals surface area (Å²) in [5.41, 5.74) is 2.15. The Morgan fingerprint density at radius 1 is 1.04 bits per heavy atom. The molecule has 27 heavy (non-hydrogen) atoms. The third kappa shape index (κ3) is 4.20. The van der Waals surface area contributed by atoms with Crippen LogP contribution < -0.4 is 14.2 Å². The SMILES string of the molecule is COc1cc(C)c(S(=O)(=O)NCCOc2cccc3cccnc23)cc1C. The van der Waals surface area contributed by atoms with Gasteiger partial charge in [-0.2, -0.15) is 0 Å². The number of hydrogen-bond acceptors (Lipinski definition) is 5. The fraction of sp³-hybridized carbons (Fsp3) is 0.250. The third-order valence-corrected chi connectivity index (χ3v) is 5.83. The summed E-state index contributed by atoms with van der Waals surface area (Å²) in [4.78, 5) is 4.56. The molecule has 1 N–H and O–H groups in total. The minimum atomic E-state index is -3.64. The molecule has 3 rings (SSSR count). The first kappa shape index (κ1) is 19.1. The number of sulfonamides is 1. The standard InChI is InChI=1S/C20H22N2O4S/c1-14-13-19(15(2)12-18(14)25-3)27(23,24)22-10-11-26-17-8-4-6-16-7-5-9-21-20(16)17/h4-9,12-13,22H,10-11H2,1-3H3. The molecule has 1 heterocycles. The predicted molar refractivity (Wildman–Crippen MR) is 105 cm³/mol. The number of aromatic nitrogens is 1. The molecular formula is C20H22N2O4S. The topological polar surface area (TPSA) is 77.5 Å². The molecule has 0 radical (unpaired) electrons. The zero-order valence-electron chi connectivity index (χ0n) is 15.5. The van der Waals surface area contributed by atoms with Crippen LogP contribution in [0, 0.1) is 13.8 Å². The summed E-state index contributed by atoms with van der Waals surface area (Å²) in [6, 6.07) is 12.8. The number of nitrogens with zero attached hydrogens (tertiary/aromatic N) is 1. The van der Waals surface area contributed by atoms with E-state index in [-0.39, 0.29) is 18.0 Å². The highest BCUT2D eigenvalue weighted by Crippen LogP contribution is 2.25. The highest BCUT2D eigenvalue weighted by molar-refractivity contribution is 7.89. The lowest BCUT2D eigenvalue weighted by atomic mass is 10.1. The summed E-state index contributed by atoms with van der Waals surface area (Å²) in [6.45, 7) is 3.90. The second-order valence-corrected chi connectivity index (χ2v) is 7.90. The zero-order chi connectivity index (χ0) is 19.4. The minimum Gasteiger partial charge on any atom is -0.496 e. The van der Waals surface area contributed by atoms with Crippen LogP contribution in [0.4, 0.5) is 0 Å². The number of pyridine rings is 1. The molecule has 0 atom stereocenters. The lowest BCUT2D eigenvalue weighted by Crippen LogP contribution is -2.29. The van der Waals surface area contributed by atoms with Crippen LogP contribution in [0.15, 0.2) is 53.6 Å². The second kappa shape index (κ2) is 7.94. The molecule has 7 heteroatoms. The third-order valence-electron chi connectivity index (χ3n) is 4.23. The summed E-state index contributed by atoms with van der Waals surface area (Å²) >= 11 is 0. The van der Waals surface area contributed by atoms with E-state index in [1.807, 2.05) is 37.3 Å². The van der Waals surface area contributed by atoms with Gasteiger partial charge in [0.15, 0.2) is 0 Å². The molecule has 0 aliphatic heterocycles. The van der Waals surface area contributed by atoms with Crippen molar-refractivity contribution >= 4 is 20.9 Å². The van der Waals surface area contributed by atoms with Gasteiger partial charge in [-0.3, -0.25) is 4.98 Å². The van der Waals surface area contributed by atoms with Crippen molar-refractivity contribution in [3.05, 3.63) is 59.8 Å². The van der Waals surface area contributed by atoms with Gasteiger partial charge in [0.1, 0.15) is 23.6 Å². The summed E-state index contributed by atoms with van der Waals surface area (Å²) in [7, 11) is -2.07. The van der Waals surface area contributed by atoms with Crippen molar-refractivity contribution < 1.29 is 17.9 Å². The summed E-state index contributed by atoms with van der Waals surface area (Å²) in [6.07, 6.45) is 1.70. The maximum absolute atomic E-state index is 12.6. The molecule has 0 unspecified atom stereocenters. The van der Waals surface area contributed by atoms with Crippen LogP contribution >= 0.6 is 0 Å². The van der Waals surface area contributed by atoms with Gasteiger partial charge >= 0.3 is 0 Å². The van der Waals surface area contributed by atoms with Gasteiger partial charge in [0.05, 0.1) is 12.0 Å². The van der Waals surface area contributed by atoms with Crippen LogP contribution in [0.3, 0.4) is 0 Å². The van der Waals surface area contributed by atoms with Crippen molar-refractivity contribution in [1.29, 1.82) is 0 Å². The van der Waals surface area contributed by atoms with Gasteiger partial charge in [-0.25, -0.2) is 13.1 Å². The smallest absolute Gasteiger partial charge is 0.240 e. The van der Waals surface area contributed by atoms with E-state index in [1.54, 1.807) is 32.4 Å². The molecule has 0 amide bonds. The molecule has 0 aliphatic rings. The lowest BCUT2D eigenvalue weighted by Gasteiger charge is -2.13. The Hall–Kier alpha value is -2.64. The van der Waals surface area contributed by atoms with Crippen LogP contribution in [0.25, 0.3) is 10.9 Å². The second-order valence-electron chi connectivity index (χ2n) is 6.16. The number of aryl methyl sites for hydroxylation is 2. The fourth-order valence-electron chi connectivity index (χ4n) is 2.88. The summed E-state index contributed by atoms with van der Waals surface area (Å²) < 4.78 is 38.8. The van der Waals surface area contributed by atoms with Gasteiger partial charge in [-0.05, 0) is 49.2 Å². The number of para-hydroxylation sites is 1. The average Bonchev–Trinajstić information content (AvgIpc) is 2.66. The molecule has 1 aromatic heterocycles. The van der Waals surface area contributed by atoms with Gasteiger partial charge < -0.3 is 9.47 Å². The van der Waals surface area contributed by atoms with Crippen molar-refractivity contribution in [2.24, 2.45) is 0 Å². The Bertz CT molecular complexity index is 1060. The molecule has 0 saturated carbocycles. The summed E-state index contributed by atoms with van der Waals surface area (Å²) in [5.74, 6) is 1.29. The van der Waals surface area contributed by atoms with E-state index < -0.39 is 10.0 Å². The maximum Gasteiger partial charge on any atom is 0.240 e. The number of rotatable bonds is 7. The van der Waals surface area contributed by atoms with E-state index in [0.29, 0.717) is 17.1 Å². The Balaban J connectivity index is 1.67. The van der Waals surface area contributed by atoms with Gasteiger partial charge in [-0.1, -0.05) is 18.2 Å². The minimum absolute atomic E-state index is 0.149. The van der Waals surface area contributed by atoms with Crippen LogP contribution in [-0.2, 0) is 10.0 Å². The number of ether oxygens (including phenoxy) is 2. The number of methoxy groups -OCH3 is 1. The molecule has 0 fully saturated rings. The normalized spacial score (nSPS) is 11.5. The molecule has 3 aromatic rings. The van der Waals surface area contributed by atoms with Crippen LogP contribution in [-0.4, -0.2) is 33.7 Å². The van der Waals surface area contributed by atoms with Crippen LogP contribution in [0.5, 0.6) is 11.5 Å². The Morgan fingerprint density at radius 3 is 2.59 bits per heavy atom. The Morgan fingerprint density at radius 2 is 1.81 bits per heavy atom. The first-order valence-electron chi connectivity index (χ1n) is 8.54. The van der Waals surface area contributed by atoms with Crippen molar-refractivity contribution in [3.63, 3.8) is 0 Å². The molecular weight excluding hydrogens is 364 g/mol. The highest BCUT2D eigenvalue weighted by atomic mass is 32.2. The highest BCUT2D eigenvalue weighted by Gasteiger charge is 2.18. The van der Waals surface area contributed by atoms with Crippen molar-refractivity contribution in [1.82, 2.24) is 9.71 Å². The fourth-order valence-corrected chi connectivity index (χ4v) is 4.20. The first-order valence-corrected chi connectivity index (χ1v) is 10.0. The van der Waals surface area contributed by atoms with Gasteiger partial charge in [0.25, 0.3) is 0 Å². The van der Waals surface area contributed by atoms with Crippen molar-refractivity contribution in [2.75, 3.05) is 20.3 Å². The quantitative estimate of drug-likeness (QED) is 0.631. The Kier molecular flexibility index (Phi) is 5.62. The van der Waals surface area contributed by atoms with Gasteiger partial charge in [0.2, 0.25) is 10.0 Å². The van der Waals surface area contributed by atoms with E-state index in [4.69, 9.17) is 9.47 Å². The average molecular weight is 386 g/mol. The number of nitrogens with one attached hydrogen (secondary N) is 1. The molecule has 6 nitrogen and oxygen atoms in total. The van der Waals surface area contributed by atoms with Gasteiger partial charge in [0, 0.05) is 18.1 Å². The lowest BCUT2D eigenvalue weighted by molar-refractivity contribution is 0.326. The largest absolute Gasteiger partial charge is 0.496 e. The van der Waals surface area contributed by atoms with Gasteiger partial charge in [-0.15, -0.1) is 0 Å². The summed E-state index contributed by atoms with van der Waals surface area (Å²) in [5, 5.41) is 0.972. The van der Waals surface area contributed by atoms with E-state index >= 15 is 0 Å². The van der Waals surface area contributed by atoms with Crippen LogP contribution in [0.1, 0.15) is 11.1 Å². The van der Waals surface area contributed by atoms with E-state index in [1.165, 1.54) is 0 Å². The Labute approximate surface area is 159 Å². The van der Waals surface area contributed by atoms with Crippen molar-refractivity contribution in [3.8, 4) is 11.5 Å². The molecule has 0 bridgehead atoms. The number of fused-ring (bicyclic) bond motifs is 1. The maximum atomic E-state index is 12.6. The molecule has 0 saturated heterocycles. The molecule has 142 valence electrons. The van der Waals surface area contributed by atoms with E-state index in [2.05, 4.69) is 9.71 Å². The zero-order valence-corrected chi connectivity index (χ0v) is 16.3.